The molecule has 1 aliphatic rings. The van der Waals surface area contributed by atoms with Gasteiger partial charge in [-0.05, 0) is 31.9 Å². The first kappa shape index (κ1) is 11.3. The lowest BCUT2D eigenvalue weighted by atomic mass is 9.64. The molecule has 1 fully saturated rings. The lowest BCUT2D eigenvalue weighted by Gasteiger charge is -2.42. The second-order valence-electron chi connectivity index (χ2n) is 4.42. The van der Waals surface area contributed by atoms with Gasteiger partial charge < -0.3 is 15.6 Å². The third kappa shape index (κ3) is 1.65. The molecular weight excluding hydrogens is 202 g/mol. The van der Waals surface area contributed by atoms with Crippen molar-refractivity contribution >= 4 is 0 Å². The monoisotopic (exact) mass is 221 g/mol. The van der Waals surface area contributed by atoms with Gasteiger partial charge in [-0.1, -0.05) is 12.5 Å². The maximum absolute atomic E-state index is 10.0. The summed E-state index contributed by atoms with van der Waals surface area (Å²) in [4.78, 5) is 0. The van der Waals surface area contributed by atoms with Gasteiger partial charge in [0.15, 0.2) is 0 Å². The highest BCUT2D eigenvalue weighted by Crippen LogP contribution is 2.49. The third-order valence-electron chi connectivity index (χ3n) is 3.54. The van der Waals surface area contributed by atoms with E-state index in [1.165, 1.54) is 6.42 Å². The number of hydrogen-bond donors (Lipinski definition) is 2. The van der Waals surface area contributed by atoms with Crippen molar-refractivity contribution in [2.45, 2.75) is 31.6 Å². The average Bonchev–Trinajstić information content (AvgIpc) is 2.21. The first-order chi connectivity index (χ1) is 7.73. The minimum absolute atomic E-state index is 0.0597. The fourth-order valence-electron chi connectivity index (χ4n) is 2.49. The van der Waals surface area contributed by atoms with Crippen LogP contribution in [0, 0.1) is 0 Å². The molecule has 0 atom stereocenters. The van der Waals surface area contributed by atoms with Crippen LogP contribution in [0.4, 0.5) is 0 Å². The van der Waals surface area contributed by atoms with Crippen LogP contribution in [0.1, 0.15) is 31.7 Å². The predicted molar refractivity (Wildman–Crippen MR) is 63.9 cm³/mol. The minimum Gasteiger partial charge on any atom is -0.508 e. The number of ether oxygens (including phenoxy) is 1. The Labute approximate surface area is 96.2 Å². The fourth-order valence-corrected chi connectivity index (χ4v) is 2.49. The number of rotatable bonds is 4. The van der Waals surface area contributed by atoms with Crippen LogP contribution < -0.4 is 10.5 Å². The smallest absolute Gasteiger partial charge is 0.126 e. The molecule has 1 aromatic carbocycles. The van der Waals surface area contributed by atoms with Crippen molar-refractivity contribution in [3.63, 3.8) is 0 Å². The Morgan fingerprint density at radius 2 is 2.19 bits per heavy atom. The molecule has 0 bridgehead atoms. The van der Waals surface area contributed by atoms with Crippen LogP contribution in [-0.2, 0) is 5.41 Å². The molecule has 0 saturated heterocycles. The fraction of sp³-hybridized carbons (Fsp3) is 0.538. The Balaban J connectivity index is 2.44. The summed E-state index contributed by atoms with van der Waals surface area (Å²) in [5, 5.41) is 10.0. The molecule has 0 spiro atoms. The second kappa shape index (κ2) is 4.34. The van der Waals surface area contributed by atoms with Crippen molar-refractivity contribution < 1.29 is 9.84 Å². The van der Waals surface area contributed by atoms with E-state index in [0.29, 0.717) is 18.9 Å². The summed E-state index contributed by atoms with van der Waals surface area (Å²) in [6.07, 6.45) is 3.26. The van der Waals surface area contributed by atoms with Crippen LogP contribution in [-0.4, -0.2) is 18.3 Å². The molecule has 1 aliphatic carbocycles. The van der Waals surface area contributed by atoms with E-state index in [1.807, 2.05) is 19.1 Å². The molecule has 0 amide bonds. The summed E-state index contributed by atoms with van der Waals surface area (Å²) in [7, 11) is 0. The van der Waals surface area contributed by atoms with Crippen molar-refractivity contribution in [2.75, 3.05) is 13.2 Å². The van der Waals surface area contributed by atoms with Crippen LogP contribution in [0.2, 0.25) is 0 Å². The number of nitrogens with two attached hydrogens (primary N) is 1. The van der Waals surface area contributed by atoms with E-state index in [1.54, 1.807) is 6.07 Å². The van der Waals surface area contributed by atoms with E-state index in [9.17, 15) is 5.11 Å². The Morgan fingerprint density at radius 3 is 2.69 bits per heavy atom. The van der Waals surface area contributed by atoms with Crippen LogP contribution >= 0.6 is 0 Å². The predicted octanol–water partition coefficient (Wildman–Crippen LogP) is 2.17. The van der Waals surface area contributed by atoms with Crippen molar-refractivity contribution in [2.24, 2.45) is 5.73 Å². The summed E-state index contributed by atoms with van der Waals surface area (Å²) in [6, 6.07) is 5.44. The van der Waals surface area contributed by atoms with E-state index in [0.717, 1.165) is 24.2 Å². The van der Waals surface area contributed by atoms with Gasteiger partial charge in [0.1, 0.15) is 11.5 Å². The number of hydrogen-bond acceptors (Lipinski definition) is 3. The minimum atomic E-state index is -0.0597. The highest BCUT2D eigenvalue weighted by atomic mass is 16.5. The van der Waals surface area contributed by atoms with Gasteiger partial charge in [-0.2, -0.15) is 0 Å². The number of aromatic hydroxyl groups is 1. The van der Waals surface area contributed by atoms with E-state index < -0.39 is 0 Å². The van der Waals surface area contributed by atoms with E-state index in [-0.39, 0.29) is 5.41 Å². The standard InChI is InChI=1S/C13H19NO2/c1-2-16-11-6-3-5-10(15)12(11)13(9-14)7-4-8-13/h3,5-6,15H,2,4,7-9,14H2,1H3. The van der Waals surface area contributed by atoms with Gasteiger partial charge in [-0.25, -0.2) is 0 Å². The molecule has 0 aromatic heterocycles. The topological polar surface area (TPSA) is 55.5 Å². The van der Waals surface area contributed by atoms with Gasteiger partial charge in [0.25, 0.3) is 0 Å². The Morgan fingerprint density at radius 1 is 1.44 bits per heavy atom. The molecule has 3 N–H and O–H groups in total. The lowest BCUT2D eigenvalue weighted by molar-refractivity contribution is 0.230. The molecule has 2 rings (SSSR count). The number of benzene rings is 1. The molecule has 1 saturated carbocycles. The summed E-state index contributed by atoms with van der Waals surface area (Å²) < 4.78 is 5.59. The summed E-state index contributed by atoms with van der Waals surface area (Å²) in [6.45, 7) is 3.13. The summed E-state index contributed by atoms with van der Waals surface area (Å²) in [5.41, 5.74) is 6.72. The normalized spacial score (nSPS) is 17.9. The number of phenolic OH excluding ortho intramolecular Hbond substituents is 1. The Hall–Kier alpha value is -1.22. The van der Waals surface area contributed by atoms with Gasteiger partial charge in [-0.3, -0.25) is 0 Å². The van der Waals surface area contributed by atoms with Crippen molar-refractivity contribution in [3.05, 3.63) is 23.8 Å². The second-order valence-corrected chi connectivity index (χ2v) is 4.42. The molecule has 3 heteroatoms. The zero-order chi connectivity index (χ0) is 11.6. The Kier molecular flexibility index (Phi) is 3.06. The van der Waals surface area contributed by atoms with Gasteiger partial charge >= 0.3 is 0 Å². The highest BCUT2D eigenvalue weighted by Gasteiger charge is 2.41. The van der Waals surface area contributed by atoms with Crippen LogP contribution in [0.3, 0.4) is 0 Å². The summed E-state index contributed by atoms with van der Waals surface area (Å²) in [5.74, 6) is 1.10. The zero-order valence-electron chi connectivity index (χ0n) is 9.70. The molecule has 16 heavy (non-hydrogen) atoms. The van der Waals surface area contributed by atoms with E-state index in [2.05, 4.69) is 0 Å². The molecule has 0 unspecified atom stereocenters. The maximum Gasteiger partial charge on any atom is 0.126 e. The third-order valence-corrected chi connectivity index (χ3v) is 3.54. The molecule has 0 radical (unpaired) electrons. The van der Waals surface area contributed by atoms with E-state index >= 15 is 0 Å². The van der Waals surface area contributed by atoms with Gasteiger partial charge in [0.2, 0.25) is 0 Å². The first-order valence-electron chi connectivity index (χ1n) is 5.89. The van der Waals surface area contributed by atoms with Gasteiger partial charge in [-0.15, -0.1) is 0 Å². The Bertz CT molecular complexity index is 367. The average molecular weight is 221 g/mol. The van der Waals surface area contributed by atoms with Gasteiger partial charge in [0.05, 0.1) is 6.61 Å². The quantitative estimate of drug-likeness (QED) is 0.819. The SMILES string of the molecule is CCOc1cccc(O)c1C1(CN)CCC1. The zero-order valence-corrected chi connectivity index (χ0v) is 9.70. The van der Waals surface area contributed by atoms with Crippen molar-refractivity contribution in [1.29, 1.82) is 0 Å². The van der Waals surface area contributed by atoms with Crippen LogP contribution in [0.15, 0.2) is 18.2 Å². The first-order valence-corrected chi connectivity index (χ1v) is 5.89. The van der Waals surface area contributed by atoms with Gasteiger partial charge in [0, 0.05) is 17.5 Å². The molecule has 0 aliphatic heterocycles. The highest BCUT2D eigenvalue weighted by molar-refractivity contribution is 5.50. The molecule has 88 valence electrons. The van der Waals surface area contributed by atoms with Crippen LogP contribution in [0.25, 0.3) is 0 Å². The molecule has 3 nitrogen and oxygen atoms in total. The summed E-state index contributed by atoms with van der Waals surface area (Å²) >= 11 is 0. The molecule has 0 heterocycles. The van der Waals surface area contributed by atoms with Crippen molar-refractivity contribution in [3.8, 4) is 11.5 Å². The largest absolute Gasteiger partial charge is 0.508 e. The molecular formula is C13H19NO2. The van der Waals surface area contributed by atoms with Crippen molar-refractivity contribution in [1.82, 2.24) is 0 Å². The maximum atomic E-state index is 10.0. The van der Waals surface area contributed by atoms with E-state index in [4.69, 9.17) is 10.5 Å². The van der Waals surface area contributed by atoms with Crippen LogP contribution in [0.5, 0.6) is 11.5 Å². The lowest BCUT2D eigenvalue weighted by Crippen LogP contribution is -2.41. The molecule has 1 aromatic rings. The number of phenols is 1.